The molecule has 11 heteroatoms. The predicted molar refractivity (Wildman–Crippen MR) is 94.5 cm³/mol. The molecule has 3 aromatic rings. The molecule has 29 heavy (non-hydrogen) atoms. The Morgan fingerprint density at radius 1 is 1.10 bits per heavy atom. The summed E-state index contributed by atoms with van der Waals surface area (Å²) in [6.45, 7) is -0.306. The van der Waals surface area contributed by atoms with Crippen LogP contribution in [0.3, 0.4) is 0 Å². The van der Waals surface area contributed by atoms with Crippen LogP contribution >= 0.6 is 0 Å². The van der Waals surface area contributed by atoms with E-state index in [9.17, 15) is 31.9 Å². The number of nitrogens with zero attached hydrogens (tertiary/aromatic N) is 2. The van der Waals surface area contributed by atoms with E-state index in [1.165, 1.54) is 12.3 Å². The number of anilines is 1. The van der Waals surface area contributed by atoms with Crippen LogP contribution in [0, 0.1) is 11.6 Å². The molecule has 1 amide bonds. The quantitative estimate of drug-likeness (QED) is 0.499. The predicted octanol–water partition coefficient (Wildman–Crippen LogP) is 3.81. The van der Waals surface area contributed by atoms with Gasteiger partial charge in [-0.2, -0.15) is 18.3 Å². The van der Waals surface area contributed by atoms with Gasteiger partial charge in [0, 0.05) is 41.8 Å². The zero-order valence-electron chi connectivity index (χ0n) is 15.0. The van der Waals surface area contributed by atoms with E-state index in [-0.39, 0.29) is 47.5 Å². The second kappa shape index (κ2) is 8.93. The van der Waals surface area contributed by atoms with E-state index >= 15 is 0 Å². The number of aromatic hydroxyl groups is 1. The Kier molecular flexibility index (Phi) is 7.04. The van der Waals surface area contributed by atoms with Crippen molar-refractivity contribution in [3.05, 3.63) is 77.0 Å². The number of carbonyl (C=O) groups is 1. The van der Waals surface area contributed by atoms with Crippen molar-refractivity contribution in [2.45, 2.75) is 12.7 Å². The van der Waals surface area contributed by atoms with Gasteiger partial charge in [-0.25, -0.2) is 8.78 Å². The van der Waals surface area contributed by atoms with E-state index in [0.717, 1.165) is 35.0 Å². The van der Waals surface area contributed by atoms with Crippen molar-refractivity contribution < 1.29 is 31.9 Å². The number of aromatic nitrogens is 2. The van der Waals surface area contributed by atoms with Crippen molar-refractivity contribution in [1.29, 1.82) is 0 Å². The van der Waals surface area contributed by atoms with Crippen molar-refractivity contribution >= 4 is 41.3 Å². The Labute approximate surface area is 183 Å². The molecule has 0 saturated carbocycles. The smallest absolute Gasteiger partial charge is 0.416 e. The van der Waals surface area contributed by atoms with Crippen molar-refractivity contribution in [3.63, 3.8) is 0 Å². The third kappa shape index (κ3) is 5.34. The molecule has 0 aliphatic carbocycles. The van der Waals surface area contributed by atoms with E-state index in [0.29, 0.717) is 6.07 Å². The number of hydrogen-bond acceptors (Lipinski definition) is 3. The molecule has 3 rings (SSSR count). The average molecular weight is 420 g/mol. The second-order valence-electron chi connectivity index (χ2n) is 5.79. The molecule has 0 aliphatic rings. The summed E-state index contributed by atoms with van der Waals surface area (Å²) >= 11 is 0. The van der Waals surface area contributed by atoms with Crippen molar-refractivity contribution in [1.82, 2.24) is 9.78 Å². The van der Waals surface area contributed by atoms with Crippen LogP contribution in [0.5, 0.6) is 5.75 Å². The van der Waals surface area contributed by atoms with E-state index < -0.39 is 40.6 Å². The van der Waals surface area contributed by atoms with Crippen molar-refractivity contribution in [2.24, 2.45) is 0 Å². The number of hydrogen-bond donors (Lipinski definition) is 2. The van der Waals surface area contributed by atoms with Gasteiger partial charge in [-0.15, -0.1) is 0 Å². The van der Waals surface area contributed by atoms with Gasteiger partial charge in [0.05, 0.1) is 12.1 Å². The van der Waals surface area contributed by atoms with Crippen LogP contribution in [0.1, 0.15) is 21.5 Å². The molecule has 0 unspecified atom stereocenters. The minimum Gasteiger partial charge on any atom is -0.508 e. The fourth-order valence-corrected chi connectivity index (χ4v) is 2.55. The molecule has 0 aliphatic heterocycles. The number of halogens is 5. The molecule has 0 bridgehead atoms. The van der Waals surface area contributed by atoms with Crippen LogP contribution in [0.25, 0.3) is 0 Å². The largest absolute Gasteiger partial charge is 0.508 e. The van der Waals surface area contributed by atoms with Crippen LogP contribution in [0.2, 0.25) is 0 Å². The summed E-state index contributed by atoms with van der Waals surface area (Å²) in [4.78, 5) is 12.0. The standard InChI is InChI=1S/C18H12F5N3O2.Na/c19-13-2-1-3-14(20)16(13)17(28)24-15-6-7-26(25-15)9-10-4-5-11(27)8-12(10)18(21,22)23;/h1-8,27H,9H2,(H,24,25,28);. The molecule has 0 fully saturated rings. The molecular weight excluding hydrogens is 408 g/mol. The zero-order chi connectivity index (χ0) is 20.5. The van der Waals surface area contributed by atoms with Gasteiger partial charge in [0.1, 0.15) is 22.9 Å². The fraction of sp³-hybridized carbons (Fsp3) is 0.111. The maximum Gasteiger partial charge on any atom is 0.416 e. The minimum atomic E-state index is -4.68. The van der Waals surface area contributed by atoms with Gasteiger partial charge in [0.25, 0.3) is 5.91 Å². The first-order valence-corrected chi connectivity index (χ1v) is 7.83. The third-order valence-electron chi connectivity index (χ3n) is 3.80. The molecule has 1 radical (unpaired) electrons. The molecule has 1 heterocycles. The first-order chi connectivity index (χ1) is 13.1. The number of benzene rings is 2. The topological polar surface area (TPSA) is 67.2 Å². The normalized spacial score (nSPS) is 11.1. The maximum atomic E-state index is 13.6. The number of nitrogens with one attached hydrogen (secondary N) is 1. The SMILES string of the molecule is O=C(Nc1ccn(Cc2ccc(O)cc2C(F)(F)F)n1)c1c(F)cccc1F.[Na]. The Bertz CT molecular complexity index is 1020. The van der Waals surface area contributed by atoms with Gasteiger partial charge in [0.2, 0.25) is 0 Å². The first kappa shape index (κ1) is 22.9. The number of rotatable bonds is 4. The van der Waals surface area contributed by atoms with E-state index in [1.807, 2.05) is 0 Å². The van der Waals surface area contributed by atoms with E-state index in [1.54, 1.807) is 0 Å². The summed E-state index contributed by atoms with van der Waals surface area (Å²) in [5.41, 5.74) is -1.98. The summed E-state index contributed by atoms with van der Waals surface area (Å²) in [7, 11) is 0. The Hall–Kier alpha value is -2.43. The monoisotopic (exact) mass is 420 g/mol. The Morgan fingerprint density at radius 2 is 1.76 bits per heavy atom. The summed E-state index contributed by atoms with van der Waals surface area (Å²) in [5.74, 6) is -3.83. The van der Waals surface area contributed by atoms with Gasteiger partial charge in [-0.3, -0.25) is 9.48 Å². The third-order valence-corrected chi connectivity index (χ3v) is 3.80. The van der Waals surface area contributed by atoms with Gasteiger partial charge >= 0.3 is 6.18 Å². The van der Waals surface area contributed by atoms with Crippen LogP contribution < -0.4 is 5.32 Å². The van der Waals surface area contributed by atoms with E-state index in [2.05, 4.69) is 10.4 Å². The molecule has 0 spiro atoms. The van der Waals surface area contributed by atoms with Gasteiger partial charge < -0.3 is 10.4 Å². The van der Waals surface area contributed by atoms with Crippen molar-refractivity contribution in [3.8, 4) is 5.75 Å². The van der Waals surface area contributed by atoms with Crippen LogP contribution in [-0.2, 0) is 12.7 Å². The Balaban J connectivity index is 0.00000300. The number of amides is 1. The number of alkyl halides is 3. The summed E-state index contributed by atoms with van der Waals surface area (Å²) in [6, 6.07) is 7.02. The van der Waals surface area contributed by atoms with Crippen LogP contribution in [0.15, 0.2) is 48.7 Å². The van der Waals surface area contributed by atoms with Gasteiger partial charge in [0.15, 0.2) is 5.82 Å². The summed E-state index contributed by atoms with van der Waals surface area (Å²) in [6.07, 6.45) is -3.39. The van der Waals surface area contributed by atoms with Crippen molar-refractivity contribution in [2.75, 3.05) is 5.32 Å². The molecule has 2 N–H and O–H groups in total. The zero-order valence-corrected chi connectivity index (χ0v) is 17.0. The first-order valence-electron chi connectivity index (χ1n) is 7.83. The Morgan fingerprint density at radius 3 is 2.38 bits per heavy atom. The molecule has 1 aromatic heterocycles. The molecular formula is C18H12F5N3NaO2. The molecule has 5 nitrogen and oxygen atoms in total. The molecule has 0 saturated heterocycles. The number of carbonyl (C=O) groups excluding carboxylic acids is 1. The average Bonchev–Trinajstić information content (AvgIpc) is 3.02. The second-order valence-corrected chi connectivity index (χ2v) is 5.79. The summed E-state index contributed by atoms with van der Waals surface area (Å²) in [5, 5.41) is 15.4. The molecule has 2 aromatic carbocycles. The fourth-order valence-electron chi connectivity index (χ4n) is 2.55. The van der Waals surface area contributed by atoms with Crippen LogP contribution in [0.4, 0.5) is 27.8 Å². The van der Waals surface area contributed by atoms with Crippen LogP contribution in [-0.4, -0.2) is 50.4 Å². The molecule has 147 valence electrons. The molecule has 0 atom stereocenters. The summed E-state index contributed by atoms with van der Waals surface area (Å²) < 4.78 is 67.7. The number of phenols is 1. The van der Waals surface area contributed by atoms with Gasteiger partial charge in [-0.1, -0.05) is 12.1 Å². The maximum absolute atomic E-state index is 13.6. The number of phenolic OH excluding ortho intramolecular Hbond substituents is 1. The van der Waals surface area contributed by atoms with Gasteiger partial charge in [-0.05, 0) is 29.8 Å². The minimum absolute atomic E-state index is 0. The van der Waals surface area contributed by atoms with E-state index in [4.69, 9.17) is 0 Å².